The Morgan fingerprint density at radius 2 is 1.79 bits per heavy atom. The van der Waals surface area contributed by atoms with Gasteiger partial charge in [-0.2, -0.15) is 10.2 Å². The molecular formula is C26H23N5O3. The number of nitrogens with one attached hydrogen (secondary N) is 1. The number of nitriles is 1. The number of rotatable bonds is 6. The van der Waals surface area contributed by atoms with Crippen molar-refractivity contribution >= 4 is 11.8 Å². The van der Waals surface area contributed by atoms with Crippen LogP contribution in [0.1, 0.15) is 35.7 Å². The summed E-state index contributed by atoms with van der Waals surface area (Å²) < 4.78 is 11.2. The minimum atomic E-state index is -0.245. The maximum absolute atomic E-state index is 13.2. The fourth-order valence-electron chi connectivity index (χ4n) is 4.27. The Morgan fingerprint density at radius 3 is 2.47 bits per heavy atom. The van der Waals surface area contributed by atoms with E-state index < -0.39 is 0 Å². The van der Waals surface area contributed by atoms with Crippen molar-refractivity contribution in [3.05, 3.63) is 90.1 Å². The smallest absolute Gasteiger partial charge is 0.266 e. The molecule has 0 saturated carbocycles. The van der Waals surface area contributed by atoms with Gasteiger partial charge in [0.05, 0.1) is 12.3 Å². The van der Waals surface area contributed by atoms with E-state index >= 15 is 0 Å². The summed E-state index contributed by atoms with van der Waals surface area (Å²) in [5.74, 6) is 1.05. The molecule has 8 nitrogen and oxygen atoms in total. The van der Waals surface area contributed by atoms with E-state index in [2.05, 4.69) is 21.4 Å². The summed E-state index contributed by atoms with van der Waals surface area (Å²) in [5, 5.41) is 12.8. The van der Waals surface area contributed by atoms with Crippen LogP contribution in [-0.2, 0) is 4.79 Å². The second kappa shape index (κ2) is 9.63. The Morgan fingerprint density at radius 1 is 1.06 bits per heavy atom. The highest BCUT2D eigenvalue weighted by atomic mass is 16.4. The third kappa shape index (κ3) is 4.41. The lowest BCUT2D eigenvalue weighted by molar-refractivity contribution is -0.126. The fraction of sp³-hybridized carbons (Fsp3) is 0.231. The number of hydrogen-bond acceptors (Lipinski definition) is 7. The number of piperidine rings is 1. The summed E-state index contributed by atoms with van der Waals surface area (Å²) >= 11 is 0. The molecular weight excluding hydrogens is 430 g/mol. The number of anilines is 1. The first kappa shape index (κ1) is 21.5. The SMILES string of the molecule is N#Cc1nc(-c2ccco2)oc1N1CCC(C(=O)NC(c2ccccc2)c2ccncc2)CC1. The van der Waals surface area contributed by atoms with Crippen LogP contribution in [0.3, 0.4) is 0 Å². The van der Waals surface area contributed by atoms with Crippen molar-refractivity contribution in [2.75, 3.05) is 18.0 Å². The number of aromatic nitrogens is 2. The number of hydrogen-bond donors (Lipinski definition) is 1. The predicted molar refractivity (Wildman–Crippen MR) is 125 cm³/mol. The average molecular weight is 454 g/mol. The van der Waals surface area contributed by atoms with Crippen LogP contribution in [0.2, 0.25) is 0 Å². The molecule has 5 rings (SSSR count). The lowest BCUT2D eigenvalue weighted by atomic mass is 9.93. The summed E-state index contributed by atoms with van der Waals surface area (Å²) in [7, 11) is 0. The zero-order valence-corrected chi connectivity index (χ0v) is 18.4. The molecule has 1 unspecified atom stereocenters. The number of furan rings is 1. The summed E-state index contributed by atoms with van der Waals surface area (Å²) in [6, 6.07) is 19.1. The molecule has 34 heavy (non-hydrogen) atoms. The third-order valence-electron chi connectivity index (χ3n) is 6.06. The van der Waals surface area contributed by atoms with Crippen molar-refractivity contribution in [2.24, 2.45) is 5.92 Å². The molecule has 1 amide bonds. The van der Waals surface area contributed by atoms with Gasteiger partial charge < -0.3 is 19.1 Å². The van der Waals surface area contributed by atoms with Crippen LogP contribution in [0.25, 0.3) is 11.7 Å². The van der Waals surface area contributed by atoms with Crippen molar-refractivity contribution in [3.63, 3.8) is 0 Å². The fourth-order valence-corrected chi connectivity index (χ4v) is 4.27. The molecule has 0 spiro atoms. The molecule has 1 saturated heterocycles. The van der Waals surface area contributed by atoms with Gasteiger partial charge in [-0.3, -0.25) is 9.78 Å². The molecule has 1 aliphatic heterocycles. The molecule has 3 aromatic heterocycles. The van der Waals surface area contributed by atoms with Crippen molar-refractivity contribution in [1.29, 1.82) is 5.26 Å². The van der Waals surface area contributed by atoms with Gasteiger partial charge >= 0.3 is 0 Å². The minimum absolute atomic E-state index is 0.0136. The number of carbonyl (C=O) groups excluding carboxylic acids is 1. The Balaban J connectivity index is 1.27. The van der Waals surface area contributed by atoms with Crippen molar-refractivity contribution < 1.29 is 13.6 Å². The van der Waals surface area contributed by atoms with E-state index in [0.29, 0.717) is 37.6 Å². The zero-order chi connectivity index (χ0) is 23.3. The first-order chi connectivity index (χ1) is 16.7. The molecule has 8 heteroatoms. The highest BCUT2D eigenvalue weighted by Crippen LogP contribution is 2.32. The van der Waals surface area contributed by atoms with Crippen molar-refractivity contribution in [2.45, 2.75) is 18.9 Å². The molecule has 1 fully saturated rings. The maximum Gasteiger partial charge on any atom is 0.266 e. The average Bonchev–Trinajstić information content (AvgIpc) is 3.58. The lowest BCUT2D eigenvalue weighted by Crippen LogP contribution is -2.42. The van der Waals surface area contributed by atoms with Gasteiger partial charge in [-0.15, -0.1) is 0 Å². The molecule has 4 heterocycles. The first-order valence-corrected chi connectivity index (χ1v) is 11.2. The number of oxazole rings is 1. The van der Waals surface area contributed by atoms with E-state index in [0.717, 1.165) is 11.1 Å². The molecule has 170 valence electrons. The molecule has 0 bridgehead atoms. The Hall–Kier alpha value is -4.38. The molecule has 1 aromatic carbocycles. The summed E-state index contributed by atoms with van der Waals surface area (Å²) in [6.45, 7) is 1.18. The van der Waals surface area contributed by atoms with Gasteiger partial charge in [-0.05, 0) is 48.2 Å². The Labute approximate surface area is 196 Å². The van der Waals surface area contributed by atoms with E-state index in [1.165, 1.54) is 6.26 Å². The number of amides is 1. The van der Waals surface area contributed by atoms with Crippen LogP contribution in [-0.4, -0.2) is 29.0 Å². The number of carbonyl (C=O) groups is 1. The van der Waals surface area contributed by atoms with Crippen LogP contribution in [0.5, 0.6) is 0 Å². The van der Waals surface area contributed by atoms with Crippen LogP contribution >= 0.6 is 0 Å². The van der Waals surface area contributed by atoms with Gasteiger partial charge in [0.2, 0.25) is 17.5 Å². The number of benzene rings is 1. The second-order valence-corrected chi connectivity index (χ2v) is 8.16. The van der Waals surface area contributed by atoms with Gasteiger partial charge in [0, 0.05) is 31.4 Å². The normalized spacial score (nSPS) is 15.0. The highest BCUT2D eigenvalue weighted by Gasteiger charge is 2.30. The van der Waals surface area contributed by atoms with E-state index in [1.54, 1.807) is 24.5 Å². The van der Waals surface area contributed by atoms with Crippen LogP contribution in [0, 0.1) is 17.2 Å². The van der Waals surface area contributed by atoms with Gasteiger partial charge in [-0.25, -0.2) is 0 Å². The molecule has 0 radical (unpaired) electrons. The minimum Gasteiger partial charge on any atom is -0.459 e. The Kier molecular flexibility index (Phi) is 6.08. The predicted octanol–water partition coefficient (Wildman–Crippen LogP) is 4.32. The standard InChI is InChI=1S/C26H23N5O3/c27-17-21-26(34-25(29-21)22-7-4-16-33-22)31-14-10-20(11-15-31)24(32)30-23(18-5-2-1-3-6-18)19-8-12-28-13-9-19/h1-9,12-13,16,20,23H,10-11,14-15H2,(H,30,32). The molecule has 1 N–H and O–H groups in total. The third-order valence-corrected chi connectivity index (χ3v) is 6.06. The van der Waals surface area contributed by atoms with Gasteiger partial charge in [0.25, 0.3) is 5.89 Å². The van der Waals surface area contributed by atoms with Crippen LogP contribution in [0.15, 0.2) is 82.1 Å². The van der Waals surface area contributed by atoms with Crippen molar-refractivity contribution in [1.82, 2.24) is 15.3 Å². The van der Waals surface area contributed by atoms with E-state index in [1.807, 2.05) is 47.4 Å². The second-order valence-electron chi connectivity index (χ2n) is 8.16. The Bertz CT molecular complexity index is 1230. The molecule has 4 aromatic rings. The van der Waals surface area contributed by atoms with E-state index in [4.69, 9.17) is 8.83 Å². The van der Waals surface area contributed by atoms with E-state index in [-0.39, 0.29) is 29.5 Å². The van der Waals surface area contributed by atoms with Gasteiger partial charge in [0.1, 0.15) is 6.07 Å². The quantitative estimate of drug-likeness (QED) is 0.463. The van der Waals surface area contributed by atoms with E-state index in [9.17, 15) is 10.1 Å². The molecule has 1 atom stereocenters. The van der Waals surface area contributed by atoms with Gasteiger partial charge in [-0.1, -0.05) is 30.3 Å². The monoisotopic (exact) mass is 453 g/mol. The van der Waals surface area contributed by atoms with Crippen molar-refractivity contribution in [3.8, 4) is 17.7 Å². The largest absolute Gasteiger partial charge is 0.459 e. The first-order valence-electron chi connectivity index (χ1n) is 11.2. The number of pyridine rings is 1. The topological polar surface area (TPSA) is 108 Å². The summed E-state index contributed by atoms with van der Waals surface area (Å²) in [4.78, 5) is 23.6. The maximum atomic E-state index is 13.2. The highest BCUT2D eigenvalue weighted by molar-refractivity contribution is 5.80. The lowest BCUT2D eigenvalue weighted by Gasteiger charge is -2.32. The summed E-state index contributed by atoms with van der Waals surface area (Å²) in [5.41, 5.74) is 2.22. The van der Waals surface area contributed by atoms with Crippen LogP contribution in [0.4, 0.5) is 5.88 Å². The van der Waals surface area contributed by atoms with Gasteiger partial charge in [0.15, 0.2) is 5.76 Å². The van der Waals surface area contributed by atoms with Crippen LogP contribution < -0.4 is 10.2 Å². The molecule has 0 aliphatic carbocycles. The summed E-state index contributed by atoms with van der Waals surface area (Å²) in [6.07, 6.45) is 6.29. The molecule has 1 aliphatic rings. The number of nitrogens with zero attached hydrogens (tertiary/aromatic N) is 4. The zero-order valence-electron chi connectivity index (χ0n) is 18.4.